The van der Waals surface area contributed by atoms with Crippen molar-refractivity contribution >= 4 is 41.3 Å². The Kier molecular flexibility index (Phi) is 12.9. The minimum Gasteiger partial charge on any atom is -0.455 e. The van der Waals surface area contributed by atoms with E-state index in [0.717, 1.165) is 25.7 Å². The van der Waals surface area contributed by atoms with Crippen molar-refractivity contribution in [2.75, 3.05) is 13.2 Å². The molecule has 2 heterocycles. The van der Waals surface area contributed by atoms with Gasteiger partial charge in [0.2, 0.25) is 0 Å². The van der Waals surface area contributed by atoms with Crippen molar-refractivity contribution in [3.8, 4) is 0 Å². The average Bonchev–Trinajstić information content (AvgIpc) is 3.58. The molecule has 0 saturated carbocycles. The Morgan fingerprint density at radius 3 is 1.75 bits per heavy atom. The molecule has 5 atom stereocenters. The van der Waals surface area contributed by atoms with E-state index in [4.69, 9.17) is 22.8 Å². The highest BCUT2D eigenvalue weighted by Crippen LogP contribution is 2.63. The number of fused-ring (bicyclic) bond motifs is 2. The van der Waals surface area contributed by atoms with Crippen LogP contribution in [0.2, 0.25) is 41.3 Å². The maximum atomic E-state index is 13.4. The van der Waals surface area contributed by atoms with E-state index >= 15 is 0 Å². The standard InChI is InChI=1S/C47H76O6Si3/c1-34(48)51-41(38-30-24-23-25-35(38)32-49-54(13,14)43(2,3)4)47-31-39(42(52-47)46(11,12)40(47)33-50-55(15,16)44(5,6)7)53-56(45(8,9)10,36-26-19-17-20-27-36)37-28-21-18-22-29-37/h17-22,26-29,39-42H,23-25,30-33H2,1-16H3/t39-,40-,41-,42-,47+/m0/s1. The van der Waals surface area contributed by atoms with Gasteiger partial charge in [0.05, 0.1) is 18.8 Å². The van der Waals surface area contributed by atoms with Gasteiger partial charge in [-0.25, -0.2) is 0 Å². The number of benzene rings is 2. The van der Waals surface area contributed by atoms with E-state index in [9.17, 15) is 4.79 Å². The summed E-state index contributed by atoms with van der Waals surface area (Å²) in [7, 11) is -7.15. The summed E-state index contributed by atoms with van der Waals surface area (Å²) >= 11 is 0. The number of hydrogen-bond acceptors (Lipinski definition) is 6. The van der Waals surface area contributed by atoms with Crippen LogP contribution in [-0.2, 0) is 27.5 Å². The smallest absolute Gasteiger partial charge is 0.303 e. The number of ether oxygens (including phenoxy) is 2. The third-order valence-electron chi connectivity index (χ3n) is 14.7. The van der Waals surface area contributed by atoms with Crippen molar-refractivity contribution in [3.63, 3.8) is 0 Å². The summed E-state index contributed by atoms with van der Waals surface area (Å²) in [5.41, 5.74) is 1.30. The van der Waals surface area contributed by atoms with Crippen LogP contribution in [0.25, 0.3) is 0 Å². The van der Waals surface area contributed by atoms with Crippen molar-refractivity contribution in [1.82, 2.24) is 0 Å². The second-order valence-corrected chi connectivity index (χ2v) is 35.7. The van der Waals surface area contributed by atoms with Crippen LogP contribution in [0, 0.1) is 11.3 Å². The molecular formula is C47H76O6Si3. The van der Waals surface area contributed by atoms with E-state index in [0.29, 0.717) is 19.6 Å². The van der Waals surface area contributed by atoms with Gasteiger partial charge in [0, 0.05) is 31.3 Å². The van der Waals surface area contributed by atoms with Crippen molar-refractivity contribution in [2.24, 2.45) is 11.3 Å². The van der Waals surface area contributed by atoms with Crippen LogP contribution in [0.4, 0.5) is 0 Å². The Bertz CT molecular complexity index is 1660. The Morgan fingerprint density at radius 2 is 1.27 bits per heavy atom. The zero-order valence-electron chi connectivity index (χ0n) is 38.0. The van der Waals surface area contributed by atoms with E-state index in [1.165, 1.54) is 21.5 Å². The summed E-state index contributed by atoms with van der Waals surface area (Å²) in [6, 6.07) is 21.8. The molecule has 0 radical (unpaired) electrons. The zero-order chi connectivity index (χ0) is 41.8. The number of carbonyl (C=O) groups is 1. The van der Waals surface area contributed by atoms with Gasteiger partial charge < -0.3 is 22.8 Å². The lowest BCUT2D eigenvalue weighted by atomic mass is 9.60. The molecule has 56 heavy (non-hydrogen) atoms. The Hall–Kier alpha value is -1.86. The lowest BCUT2D eigenvalue weighted by Crippen LogP contribution is -2.69. The van der Waals surface area contributed by atoms with Crippen LogP contribution in [0.3, 0.4) is 0 Å². The molecule has 5 rings (SSSR count). The third kappa shape index (κ3) is 8.44. The average molecular weight is 821 g/mol. The van der Waals surface area contributed by atoms with Crippen LogP contribution in [0.5, 0.6) is 0 Å². The van der Waals surface area contributed by atoms with Crippen LogP contribution in [0.15, 0.2) is 71.8 Å². The molecule has 0 unspecified atom stereocenters. The summed E-state index contributed by atoms with van der Waals surface area (Å²) in [6.07, 6.45) is 3.55. The summed E-state index contributed by atoms with van der Waals surface area (Å²) in [6.45, 7) is 37.5. The van der Waals surface area contributed by atoms with E-state index in [1.54, 1.807) is 6.92 Å². The van der Waals surface area contributed by atoms with Gasteiger partial charge in [-0.05, 0) is 88.5 Å². The summed E-state index contributed by atoms with van der Waals surface area (Å²) < 4.78 is 36.4. The van der Waals surface area contributed by atoms with Crippen molar-refractivity contribution in [3.05, 3.63) is 71.8 Å². The fourth-order valence-corrected chi connectivity index (χ4v) is 16.0. The lowest BCUT2D eigenvalue weighted by molar-refractivity contribution is -0.164. The molecule has 2 aromatic carbocycles. The van der Waals surface area contributed by atoms with Crippen LogP contribution in [0.1, 0.15) is 115 Å². The first-order valence-corrected chi connectivity index (χ1v) is 29.1. The van der Waals surface area contributed by atoms with Gasteiger partial charge in [0.1, 0.15) is 5.60 Å². The molecule has 2 bridgehead atoms. The molecule has 1 aliphatic carbocycles. The first kappa shape index (κ1) is 45.2. The minimum atomic E-state index is -2.95. The summed E-state index contributed by atoms with van der Waals surface area (Å²) in [5.74, 6) is -0.313. The van der Waals surface area contributed by atoms with Gasteiger partial charge in [-0.2, -0.15) is 0 Å². The van der Waals surface area contributed by atoms with E-state index in [2.05, 4.69) is 163 Å². The van der Waals surface area contributed by atoms with Gasteiger partial charge in [0.25, 0.3) is 8.32 Å². The molecule has 2 aliphatic heterocycles. The van der Waals surface area contributed by atoms with Gasteiger partial charge in [-0.1, -0.05) is 137 Å². The predicted molar refractivity (Wildman–Crippen MR) is 239 cm³/mol. The lowest BCUT2D eigenvalue weighted by Gasteiger charge is -2.51. The Morgan fingerprint density at radius 1 is 0.768 bits per heavy atom. The quantitative estimate of drug-likeness (QED) is 0.114. The molecule has 0 amide bonds. The first-order chi connectivity index (χ1) is 25.7. The normalized spacial score (nSPS) is 25.4. The third-order valence-corrected chi connectivity index (χ3v) is 28.7. The molecule has 0 spiro atoms. The van der Waals surface area contributed by atoms with Crippen molar-refractivity contribution in [1.29, 1.82) is 0 Å². The van der Waals surface area contributed by atoms with Crippen LogP contribution < -0.4 is 10.4 Å². The maximum absolute atomic E-state index is 13.4. The monoisotopic (exact) mass is 820 g/mol. The fourth-order valence-electron chi connectivity index (χ4n) is 9.29. The largest absolute Gasteiger partial charge is 0.455 e. The number of rotatable bonds is 13. The number of carbonyl (C=O) groups excluding carboxylic acids is 1. The summed E-state index contributed by atoms with van der Waals surface area (Å²) in [5, 5.41) is 2.44. The molecule has 0 N–H and O–H groups in total. The molecule has 0 aromatic heterocycles. The van der Waals surface area contributed by atoms with Gasteiger partial charge in [0.15, 0.2) is 22.7 Å². The predicted octanol–water partition coefficient (Wildman–Crippen LogP) is 11.0. The summed E-state index contributed by atoms with van der Waals surface area (Å²) in [4.78, 5) is 13.4. The number of esters is 1. The van der Waals surface area contributed by atoms with E-state index < -0.39 is 36.7 Å². The SMILES string of the molecule is CC(=O)O[C@@H](C1=C(CO[Si](C)(C)C(C)(C)C)CCCC1)[C@]12C[C@H](O[Si](c3ccccc3)(c3ccccc3)C(C)(C)C)[C@H](O1)C(C)(C)[C@@H]2CO[Si](C)(C)C(C)(C)C. The van der Waals surface area contributed by atoms with Gasteiger partial charge in [-0.3, -0.25) is 4.79 Å². The number of hydrogen-bond donors (Lipinski definition) is 0. The van der Waals surface area contributed by atoms with Gasteiger partial charge >= 0.3 is 5.97 Å². The molecule has 6 nitrogen and oxygen atoms in total. The topological polar surface area (TPSA) is 63.2 Å². The van der Waals surface area contributed by atoms with Crippen molar-refractivity contribution in [2.45, 2.75) is 180 Å². The molecule has 312 valence electrons. The van der Waals surface area contributed by atoms with E-state index in [-0.39, 0.29) is 44.6 Å². The highest BCUT2D eigenvalue weighted by atomic mass is 28.4. The molecule has 2 aromatic rings. The second kappa shape index (κ2) is 16.0. The minimum absolute atomic E-state index is 0.0329. The molecule has 9 heteroatoms. The van der Waals surface area contributed by atoms with Crippen molar-refractivity contribution < 1.29 is 27.5 Å². The fraction of sp³-hybridized carbons (Fsp3) is 0.681. The van der Waals surface area contributed by atoms with Gasteiger partial charge in [-0.15, -0.1) is 0 Å². The highest BCUT2D eigenvalue weighted by Gasteiger charge is 2.72. The Labute approximate surface area is 344 Å². The first-order valence-electron chi connectivity index (χ1n) is 21.3. The van der Waals surface area contributed by atoms with E-state index in [1.807, 2.05) is 0 Å². The highest BCUT2D eigenvalue weighted by molar-refractivity contribution is 6.99. The maximum Gasteiger partial charge on any atom is 0.303 e. The molecule has 3 aliphatic rings. The molecule has 2 saturated heterocycles. The molecular weight excluding hydrogens is 745 g/mol. The molecule has 2 fully saturated rings. The van der Waals surface area contributed by atoms with Crippen LogP contribution >= 0.6 is 0 Å². The zero-order valence-corrected chi connectivity index (χ0v) is 41.0. The Balaban J connectivity index is 1.70. The second-order valence-electron chi connectivity index (χ2n) is 21.8. The van der Waals surface area contributed by atoms with Crippen LogP contribution in [-0.4, -0.2) is 68.0 Å².